The van der Waals surface area contributed by atoms with Crippen LogP contribution in [0.1, 0.15) is 29.8 Å². The number of aryl methyl sites for hydroxylation is 1. The molecule has 3 heteroatoms. The Balaban J connectivity index is 2.11. The van der Waals surface area contributed by atoms with E-state index in [0.29, 0.717) is 6.04 Å². The van der Waals surface area contributed by atoms with E-state index in [-0.39, 0.29) is 0 Å². The van der Waals surface area contributed by atoms with E-state index < -0.39 is 0 Å². The molecule has 0 spiro atoms. The monoisotopic (exact) mass is 318 g/mol. The van der Waals surface area contributed by atoms with Crippen molar-refractivity contribution in [1.82, 2.24) is 10.3 Å². The summed E-state index contributed by atoms with van der Waals surface area (Å²) in [4.78, 5) is 4.53. The Morgan fingerprint density at radius 1 is 1.16 bits per heavy atom. The van der Waals surface area contributed by atoms with E-state index in [4.69, 9.17) is 0 Å². The second-order valence-corrected chi connectivity index (χ2v) is 5.52. The zero-order valence-electron chi connectivity index (χ0n) is 11.4. The zero-order valence-corrected chi connectivity index (χ0v) is 12.9. The Labute approximate surface area is 123 Å². The Morgan fingerprint density at radius 3 is 2.42 bits per heavy atom. The predicted molar refractivity (Wildman–Crippen MR) is 83.3 cm³/mol. The quantitative estimate of drug-likeness (QED) is 0.904. The molecule has 0 bridgehead atoms. The number of rotatable bonds is 5. The smallest absolute Gasteiger partial charge is 0.0422 e. The van der Waals surface area contributed by atoms with Crippen molar-refractivity contribution < 1.29 is 0 Å². The summed E-state index contributed by atoms with van der Waals surface area (Å²) in [7, 11) is 1.99. The molecular weight excluding hydrogens is 300 g/mol. The second-order valence-electron chi connectivity index (χ2n) is 4.61. The normalized spacial score (nSPS) is 12.4. The Bertz CT molecular complexity index is 505. The number of pyridine rings is 1. The van der Waals surface area contributed by atoms with E-state index in [2.05, 4.69) is 69.6 Å². The molecule has 0 aliphatic heterocycles. The molecule has 0 radical (unpaired) electrons. The summed E-state index contributed by atoms with van der Waals surface area (Å²) in [6.07, 6.45) is 3.92. The topological polar surface area (TPSA) is 24.9 Å². The van der Waals surface area contributed by atoms with Gasteiger partial charge in [-0.1, -0.05) is 41.1 Å². The van der Waals surface area contributed by atoms with Gasteiger partial charge < -0.3 is 5.32 Å². The van der Waals surface area contributed by atoms with Crippen LogP contribution in [0.2, 0.25) is 0 Å². The maximum Gasteiger partial charge on any atom is 0.0422 e. The molecule has 1 heterocycles. The number of hydrogen-bond donors (Lipinski definition) is 1. The highest BCUT2D eigenvalue weighted by Gasteiger charge is 2.10. The number of nitrogens with zero attached hydrogens (tertiary/aromatic N) is 1. The Kier molecular flexibility index (Phi) is 5.11. The van der Waals surface area contributed by atoms with E-state index in [1.54, 1.807) is 0 Å². The van der Waals surface area contributed by atoms with Crippen LogP contribution in [0.15, 0.2) is 47.1 Å². The molecule has 1 atom stereocenters. The number of benzene rings is 1. The third-order valence-corrected chi connectivity index (χ3v) is 3.86. The van der Waals surface area contributed by atoms with Crippen LogP contribution in [0.25, 0.3) is 0 Å². The minimum Gasteiger partial charge on any atom is -0.313 e. The maximum atomic E-state index is 4.53. The van der Waals surface area contributed by atoms with Gasteiger partial charge in [0.15, 0.2) is 0 Å². The number of likely N-dealkylation sites (N-methyl/N-ethyl adjacent to an activating group) is 1. The number of aromatic nitrogens is 1. The van der Waals surface area contributed by atoms with Gasteiger partial charge in [0, 0.05) is 28.8 Å². The van der Waals surface area contributed by atoms with E-state index in [1.165, 1.54) is 11.1 Å². The molecule has 1 aromatic carbocycles. The fraction of sp³-hybridized carbons (Fsp3) is 0.312. The molecule has 0 saturated heterocycles. The molecule has 0 aliphatic rings. The highest BCUT2D eigenvalue weighted by Crippen LogP contribution is 2.20. The van der Waals surface area contributed by atoms with Crippen LogP contribution < -0.4 is 5.32 Å². The first-order valence-electron chi connectivity index (χ1n) is 6.59. The van der Waals surface area contributed by atoms with Gasteiger partial charge in [-0.15, -0.1) is 0 Å². The van der Waals surface area contributed by atoms with Crippen molar-refractivity contribution in [3.63, 3.8) is 0 Å². The van der Waals surface area contributed by atoms with Crippen LogP contribution in [0.4, 0.5) is 0 Å². The molecule has 2 aromatic rings. The third kappa shape index (κ3) is 3.88. The lowest BCUT2D eigenvalue weighted by Crippen LogP contribution is -2.19. The highest BCUT2D eigenvalue weighted by molar-refractivity contribution is 9.10. The minimum atomic E-state index is 0.299. The third-order valence-electron chi connectivity index (χ3n) is 3.33. The molecule has 1 unspecified atom stereocenters. The summed E-state index contributed by atoms with van der Waals surface area (Å²) in [5.41, 5.74) is 3.69. The summed E-state index contributed by atoms with van der Waals surface area (Å²) >= 11 is 3.47. The van der Waals surface area contributed by atoms with Crippen LogP contribution in [-0.4, -0.2) is 12.0 Å². The molecule has 0 fully saturated rings. The predicted octanol–water partition coefficient (Wildman–Crippen LogP) is 3.91. The van der Waals surface area contributed by atoms with Gasteiger partial charge in [0.1, 0.15) is 0 Å². The lowest BCUT2D eigenvalue weighted by Gasteiger charge is -2.16. The van der Waals surface area contributed by atoms with Crippen molar-refractivity contribution in [3.8, 4) is 0 Å². The van der Waals surface area contributed by atoms with Crippen molar-refractivity contribution >= 4 is 15.9 Å². The van der Waals surface area contributed by atoms with Gasteiger partial charge in [-0.3, -0.25) is 4.98 Å². The summed E-state index contributed by atoms with van der Waals surface area (Å²) in [6, 6.07) is 13.0. The zero-order chi connectivity index (χ0) is 13.7. The van der Waals surface area contributed by atoms with Crippen LogP contribution in [0.5, 0.6) is 0 Å². The van der Waals surface area contributed by atoms with Crippen molar-refractivity contribution in [3.05, 3.63) is 63.9 Å². The second kappa shape index (κ2) is 6.83. The molecule has 1 aromatic heterocycles. The summed E-state index contributed by atoms with van der Waals surface area (Å²) < 4.78 is 1.11. The molecule has 0 aliphatic carbocycles. The van der Waals surface area contributed by atoms with Crippen LogP contribution in [0, 0.1) is 0 Å². The van der Waals surface area contributed by atoms with Crippen LogP contribution in [-0.2, 0) is 12.8 Å². The average molecular weight is 319 g/mol. The number of halogens is 1. The Morgan fingerprint density at radius 2 is 1.89 bits per heavy atom. The maximum absolute atomic E-state index is 4.53. The van der Waals surface area contributed by atoms with Crippen LogP contribution >= 0.6 is 15.9 Å². The Hall–Kier alpha value is -1.19. The fourth-order valence-electron chi connectivity index (χ4n) is 2.08. The van der Waals surface area contributed by atoms with Crippen molar-refractivity contribution in [2.45, 2.75) is 25.8 Å². The van der Waals surface area contributed by atoms with Gasteiger partial charge in [-0.05, 0) is 42.8 Å². The first-order valence-corrected chi connectivity index (χ1v) is 7.38. The van der Waals surface area contributed by atoms with E-state index in [0.717, 1.165) is 23.0 Å². The van der Waals surface area contributed by atoms with Gasteiger partial charge in [0.25, 0.3) is 0 Å². The first-order chi connectivity index (χ1) is 9.22. The number of hydrogen-bond acceptors (Lipinski definition) is 2. The molecule has 100 valence electrons. The lowest BCUT2D eigenvalue weighted by atomic mass is 10.0. The molecule has 1 N–H and O–H groups in total. The molecular formula is C16H19BrN2. The van der Waals surface area contributed by atoms with E-state index >= 15 is 0 Å². The summed E-state index contributed by atoms with van der Waals surface area (Å²) in [5.74, 6) is 0. The lowest BCUT2D eigenvalue weighted by molar-refractivity contribution is 0.584. The number of nitrogens with one attached hydrogen (secondary N) is 1. The molecule has 19 heavy (non-hydrogen) atoms. The van der Waals surface area contributed by atoms with Gasteiger partial charge in [-0.25, -0.2) is 0 Å². The fourth-order valence-corrected chi connectivity index (χ4v) is 2.34. The first kappa shape index (κ1) is 14.2. The SMILES string of the molecule is CCc1ccc(CC(NC)c2ccc(Br)cc2)nc1. The summed E-state index contributed by atoms with van der Waals surface area (Å²) in [5, 5.41) is 3.36. The largest absolute Gasteiger partial charge is 0.313 e. The van der Waals surface area contributed by atoms with E-state index in [1.807, 2.05) is 13.2 Å². The van der Waals surface area contributed by atoms with Crippen molar-refractivity contribution in [1.29, 1.82) is 0 Å². The van der Waals surface area contributed by atoms with Gasteiger partial charge >= 0.3 is 0 Å². The molecule has 0 saturated carbocycles. The van der Waals surface area contributed by atoms with E-state index in [9.17, 15) is 0 Å². The van der Waals surface area contributed by atoms with Crippen molar-refractivity contribution in [2.75, 3.05) is 7.05 Å². The van der Waals surface area contributed by atoms with Gasteiger partial charge in [-0.2, -0.15) is 0 Å². The van der Waals surface area contributed by atoms with Crippen molar-refractivity contribution in [2.24, 2.45) is 0 Å². The molecule has 2 nitrogen and oxygen atoms in total. The average Bonchev–Trinajstić information content (AvgIpc) is 2.46. The minimum absolute atomic E-state index is 0.299. The van der Waals surface area contributed by atoms with Crippen LogP contribution in [0.3, 0.4) is 0 Å². The molecule has 2 rings (SSSR count). The standard InChI is InChI=1S/C16H19BrN2/c1-3-12-4-9-15(19-11-12)10-16(18-2)13-5-7-14(17)8-6-13/h4-9,11,16,18H,3,10H2,1-2H3. The highest BCUT2D eigenvalue weighted by atomic mass is 79.9. The molecule has 0 amide bonds. The van der Waals surface area contributed by atoms with Gasteiger partial charge in [0.2, 0.25) is 0 Å². The van der Waals surface area contributed by atoms with Gasteiger partial charge in [0.05, 0.1) is 0 Å². The summed E-state index contributed by atoms with van der Waals surface area (Å²) in [6.45, 7) is 2.15.